The molecule has 0 amide bonds. The van der Waals surface area contributed by atoms with Gasteiger partial charge in [-0.1, -0.05) is 6.92 Å². The van der Waals surface area contributed by atoms with Gasteiger partial charge < -0.3 is 19.5 Å². The van der Waals surface area contributed by atoms with E-state index in [1.54, 1.807) is 13.4 Å². The van der Waals surface area contributed by atoms with Crippen molar-refractivity contribution in [3.63, 3.8) is 0 Å². The van der Waals surface area contributed by atoms with E-state index in [4.69, 9.17) is 9.15 Å². The topological polar surface area (TPSA) is 50.0 Å². The van der Waals surface area contributed by atoms with Crippen molar-refractivity contribution in [3.05, 3.63) is 47.9 Å². The molecule has 0 spiro atoms. The molecule has 0 fully saturated rings. The van der Waals surface area contributed by atoms with Gasteiger partial charge in [-0.25, -0.2) is 0 Å². The van der Waals surface area contributed by atoms with E-state index in [2.05, 4.69) is 29.5 Å². The first kappa shape index (κ1) is 15.5. The lowest BCUT2D eigenvalue weighted by Gasteiger charge is -2.38. The first-order chi connectivity index (χ1) is 11.0. The van der Waals surface area contributed by atoms with E-state index in [1.165, 1.54) is 5.56 Å². The van der Waals surface area contributed by atoms with E-state index < -0.39 is 0 Å². The lowest BCUT2D eigenvalue weighted by atomic mass is 9.74. The van der Waals surface area contributed by atoms with E-state index in [1.807, 2.05) is 43.5 Å². The molecule has 2 aromatic rings. The fraction of sp³-hybridized carbons (Fsp3) is 0.389. The maximum Gasteiger partial charge on any atom is 0.126 e. The van der Waals surface area contributed by atoms with Gasteiger partial charge in [0.25, 0.3) is 0 Å². The van der Waals surface area contributed by atoms with Crippen molar-refractivity contribution in [3.8, 4) is 5.75 Å². The van der Waals surface area contributed by atoms with Crippen molar-refractivity contribution in [1.82, 2.24) is 5.01 Å². The molecule has 5 heteroatoms. The summed E-state index contributed by atoms with van der Waals surface area (Å²) in [5.74, 6) is 1.79. The molecular formula is C18H23N3O2. The number of nitrogens with one attached hydrogen (secondary N) is 1. The second kappa shape index (κ2) is 5.99. The molecule has 23 heavy (non-hydrogen) atoms. The molecular weight excluding hydrogens is 290 g/mol. The van der Waals surface area contributed by atoms with Crippen molar-refractivity contribution in [1.29, 1.82) is 0 Å². The standard InChI is InChI=1S/C18H23N3O2/c1-18(12-19-21(2)3)11-16(17-6-5-9-23-17)20-15-8-7-13(22-4)10-14(15)18/h5-10,12,16,20H,11H2,1-4H3/b19-12+/t16-,18+/m0/s1. The Morgan fingerprint density at radius 1 is 1.39 bits per heavy atom. The van der Waals surface area contributed by atoms with E-state index >= 15 is 0 Å². The van der Waals surface area contributed by atoms with Crippen LogP contribution in [0.1, 0.15) is 30.7 Å². The zero-order chi connectivity index (χ0) is 16.4. The number of ether oxygens (including phenoxy) is 1. The number of hydrogen-bond acceptors (Lipinski definition) is 5. The van der Waals surface area contributed by atoms with E-state index in [9.17, 15) is 0 Å². The minimum absolute atomic E-state index is 0.115. The van der Waals surface area contributed by atoms with Gasteiger partial charge in [0, 0.05) is 31.4 Å². The van der Waals surface area contributed by atoms with Crippen molar-refractivity contribution in [2.75, 3.05) is 26.5 Å². The number of fused-ring (bicyclic) bond motifs is 1. The Morgan fingerprint density at radius 3 is 2.87 bits per heavy atom. The van der Waals surface area contributed by atoms with Crippen molar-refractivity contribution in [2.24, 2.45) is 5.10 Å². The Bertz CT molecular complexity index is 694. The molecule has 2 atom stereocenters. The SMILES string of the molecule is COc1ccc2c(c1)[C@@](C)(/C=N/N(C)C)C[C@@H](c1ccco1)N2. The highest BCUT2D eigenvalue weighted by atomic mass is 16.5. The number of hydrazone groups is 1. The van der Waals surface area contributed by atoms with Gasteiger partial charge in [-0.3, -0.25) is 0 Å². The molecule has 1 aromatic heterocycles. The van der Waals surface area contributed by atoms with Gasteiger partial charge in [0.2, 0.25) is 0 Å². The van der Waals surface area contributed by atoms with Crippen molar-refractivity contribution in [2.45, 2.75) is 24.8 Å². The van der Waals surface area contributed by atoms with Gasteiger partial charge in [-0.05, 0) is 42.3 Å². The summed E-state index contributed by atoms with van der Waals surface area (Å²) >= 11 is 0. The zero-order valence-corrected chi connectivity index (χ0v) is 14.0. The van der Waals surface area contributed by atoms with Gasteiger partial charge in [0.1, 0.15) is 11.5 Å². The number of nitrogens with zero attached hydrogens (tertiary/aromatic N) is 2. The van der Waals surface area contributed by atoms with Crippen molar-refractivity contribution < 1.29 is 9.15 Å². The summed E-state index contributed by atoms with van der Waals surface area (Å²) < 4.78 is 11.0. The van der Waals surface area contributed by atoms with Gasteiger partial charge >= 0.3 is 0 Å². The first-order valence-electron chi connectivity index (χ1n) is 7.73. The Balaban J connectivity index is 2.05. The largest absolute Gasteiger partial charge is 0.497 e. The van der Waals surface area contributed by atoms with Crippen LogP contribution < -0.4 is 10.1 Å². The number of furan rings is 1. The second-order valence-corrected chi connectivity index (χ2v) is 6.34. The Hall–Kier alpha value is -2.43. The minimum atomic E-state index is -0.211. The highest BCUT2D eigenvalue weighted by molar-refractivity contribution is 5.79. The lowest BCUT2D eigenvalue weighted by Crippen LogP contribution is -2.35. The summed E-state index contributed by atoms with van der Waals surface area (Å²) in [6, 6.07) is 10.2. The number of anilines is 1. The normalized spacial score (nSPS) is 23.4. The quantitative estimate of drug-likeness (QED) is 0.691. The predicted molar refractivity (Wildman–Crippen MR) is 92.2 cm³/mol. The van der Waals surface area contributed by atoms with Crippen LogP contribution in [0.2, 0.25) is 0 Å². The fourth-order valence-electron chi connectivity index (χ4n) is 3.05. The Labute approximate surface area is 136 Å². The highest BCUT2D eigenvalue weighted by Gasteiger charge is 2.37. The van der Waals surface area contributed by atoms with Crippen LogP contribution in [-0.2, 0) is 5.41 Å². The molecule has 2 heterocycles. The van der Waals surface area contributed by atoms with Crippen LogP contribution in [0.25, 0.3) is 0 Å². The van der Waals surface area contributed by atoms with Crippen LogP contribution in [0.15, 0.2) is 46.1 Å². The van der Waals surface area contributed by atoms with Crippen LogP contribution in [-0.4, -0.2) is 32.4 Å². The summed E-state index contributed by atoms with van der Waals surface area (Å²) in [7, 11) is 5.55. The van der Waals surface area contributed by atoms with E-state index in [0.29, 0.717) is 0 Å². The second-order valence-electron chi connectivity index (χ2n) is 6.34. The third-order valence-corrected chi connectivity index (χ3v) is 4.26. The highest BCUT2D eigenvalue weighted by Crippen LogP contribution is 2.44. The third-order valence-electron chi connectivity index (χ3n) is 4.26. The summed E-state index contributed by atoms with van der Waals surface area (Å²) in [4.78, 5) is 0. The summed E-state index contributed by atoms with van der Waals surface area (Å²) in [5.41, 5.74) is 2.06. The minimum Gasteiger partial charge on any atom is -0.497 e. The van der Waals surface area contributed by atoms with Crippen LogP contribution >= 0.6 is 0 Å². The van der Waals surface area contributed by atoms with Gasteiger partial charge in [0.15, 0.2) is 0 Å². The smallest absolute Gasteiger partial charge is 0.126 e. The molecule has 1 aromatic carbocycles. The lowest BCUT2D eigenvalue weighted by molar-refractivity contribution is 0.399. The molecule has 1 N–H and O–H groups in total. The average molecular weight is 313 g/mol. The van der Waals surface area contributed by atoms with Crippen LogP contribution in [0.3, 0.4) is 0 Å². The fourth-order valence-corrected chi connectivity index (χ4v) is 3.05. The molecule has 1 aliphatic heterocycles. The molecule has 3 rings (SSSR count). The zero-order valence-electron chi connectivity index (χ0n) is 14.0. The number of benzene rings is 1. The van der Waals surface area contributed by atoms with E-state index in [-0.39, 0.29) is 11.5 Å². The van der Waals surface area contributed by atoms with Crippen LogP contribution in [0.4, 0.5) is 5.69 Å². The maximum atomic E-state index is 5.61. The summed E-state index contributed by atoms with van der Waals surface area (Å²) in [6.07, 6.45) is 4.59. The van der Waals surface area contributed by atoms with Crippen LogP contribution in [0, 0.1) is 0 Å². The maximum absolute atomic E-state index is 5.61. The molecule has 0 saturated carbocycles. The first-order valence-corrected chi connectivity index (χ1v) is 7.73. The number of rotatable bonds is 4. The predicted octanol–water partition coefficient (Wildman–Crippen LogP) is 3.65. The molecule has 1 aliphatic rings. The summed E-state index contributed by atoms with van der Waals surface area (Å²) in [6.45, 7) is 2.20. The monoisotopic (exact) mass is 313 g/mol. The number of hydrogen-bond donors (Lipinski definition) is 1. The molecule has 0 saturated heterocycles. The molecule has 5 nitrogen and oxygen atoms in total. The number of methoxy groups -OCH3 is 1. The third kappa shape index (κ3) is 3.04. The molecule has 0 bridgehead atoms. The van der Waals surface area contributed by atoms with Crippen molar-refractivity contribution >= 4 is 11.9 Å². The van der Waals surface area contributed by atoms with Gasteiger partial charge in [-0.2, -0.15) is 5.10 Å². The van der Waals surface area contributed by atoms with Crippen LogP contribution in [0.5, 0.6) is 5.75 Å². The van der Waals surface area contributed by atoms with Gasteiger partial charge in [-0.15, -0.1) is 0 Å². The molecule has 0 aliphatic carbocycles. The summed E-state index contributed by atoms with van der Waals surface area (Å²) in [5, 5.41) is 9.88. The molecule has 122 valence electrons. The van der Waals surface area contributed by atoms with E-state index in [0.717, 1.165) is 23.6 Å². The Kier molecular flexibility index (Phi) is 4.03. The average Bonchev–Trinajstić information content (AvgIpc) is 3.07. The molecule has 0 radical (unpaired) electrons. The van der Waals surface area contributed by atoms with Gasteiger partial charge in [0.05, 0.1) is 19.4 Å². The Morgan fingerprint density at radius 2 is 2.22 bits per heavy atom. The molecule has 0 unspecified atom stereocenters.